The van der Waals surface area contributed by atoms with Gasteiger partial charge in [0, 0.05) is 19.1 Å². The van der Waals surface area contributed by atoms with E-state index in [4.69, 9.17) is 0 Å². The van der Waals surface area contributed by atoms with Gasteiger partial charge in [0.2, 0.25) is 5.91 Å². The number of carbonyl (C=O) groups is 1. The van der Waals surface area contributed by atoms with E-state index >= 15 is 0 Å². The van der Waals surface area contributed by atoms with Gasteiger partial charge in [-0.05, 0) is 56.4 Å². The van der Waals surface area contributed by atoms with Gasteiger partial charge in [0.05, 0.1) is 6.54 Å². The fourth-order valence-corrected chi connectivity index (χ4v) is 2.91. The molecule has 1 amide bonds. The average Bonchev–Trinajstić information content (AvgIpc) is 2.45. The van der Waals surface area contributed by atoms with Crippen LogP contribution in [0.4, 0.5) is 0 Å². The number of amides is 1. The molecule has 0 saturated heterocycles. The lowest BCUT2D eigenvalue weighted by molar-refractivity contribution is -0.130. The van der Waals surface area contributed by atoms with Gasteiger partial charge in [-0.3, -0.25) is 4.79 Å². The van der Waals surface area contributed by atoms with Gasteiger partial charge in [-0.15, -0.1) is 0 Å². The van der Waals surface area contributed by atoms with Crippen molar-refractivity contribution in [3.63, 3.8) is 0 Å². The third-order valence-electron chi connectivity index (χ3n) is 4.06. The summed E-state index contributed by atoms with van der Waals surface area (Å²) in [7, 11) is 0. The number of fused-ring (bicyclic) bond motifs is 1. The van der Waals surface area contributed by atoms with Gasteiger partial charge in [-0.2, -0.15) is 0 Å². The Morgan fingerprint density at radius 2 is 2.15 bits per heavy atom. The Labute approximate surface area is 120 Å². The van der Waals surface area contributed by atoms with Crippen LogP contribution in [0.15, 0.2) is 18.2 Å². The summed E-state index contributed by atoms with van der Waals surface area (Å²) < 4.78 is 0. The van der Waals surface area contributed by atoms with Crippen molar-refractivity contribution in [3.05, 3.63) is 29.3 Å². The molecule has 1 unspecified atom stereocenters. The summed E-state index contributed by atoms with van der Waals surface area (Å²) >= 11 is 0. The summed E-state index contributed by atoms with van der Waals surface area (Å²) in [6.07, 6.45) is 3.14. The smallest absolute Gasteiger partial charge is 0.236 e. The monoisotopic (exact) mass is 276 g/mol. The number of rotatable bonds is 5. The number of likely N-dealkylation sites (N-methyl/N-ethyl adjacent to an activating group) is 1. The number of phenolic OH excluding ortho intramolecular Hbond substituents is 1. The molecule has 110 valence electrons. The number of aromatic hydroxyl groups is 1. The van der Waals surface area contributed by atoms with Gasteiger partial charge < -0.3 is 15.3 Å². The van der Waals surface area contributed by atoms with Crippen LogP contribution in [0.25, 0.3) is 0 Å². The number of nitrogens with one attached hydrogen (secondary N) is 1. The van der Waals surface area contributed by atoms with E-state index in [1.165, 1.54) is 11.1 Å². The first-order valence-electron chi connectivity index (χ1n) is 7.48. The Balaban J connectivity index is 2.00. The van der Waals surface area contributed by atoms with Crippen molar-refractivity contribution in [1.29, 1.82) is 0 Å². The molecule has 0 saturated carbocycles. The number of aryl methyl sites for hydroxylation is 1. The fraction of sp³-hybridized carbons (Fsp3) is 0.562. The molecule has 0 aromatic heterocycles. The average molecular weight is 276 g/mol. The van der Waals surface area contributed by atoms with Crippen LogP contribution in [0, 0.1) is 0 Å². The summed E-state index contributed by atoms with van der Waals surface area (Å²) in [5.74, 6) is 0.476. The van der Waals surface area contributed by atoms with Gasteiger partial charge in [0.25, 0.3) is 0 Å². The highest BCUT2D eigenvalue weighted by Gasteiger charge is 2.21. The van der Waals surface area contributed by atoms with Crippen molar-refractivity contribution in [2.75, 3.05) is 19.6 Å². The minimum Gasteiger partial charge on any atom is -0.508 e. The topological polar surface area (TPSA) is 52.6 Å². The van der Waals surface area contributed by atoms with E-state index < -0.39 is 0 Å². The van der Waals surface area contributed by atoms with Crippen LogP contribution in [-0.2, 0) is 11.2 Å². The van der Waals surface area contributed by atoms with Crippen molar-refractivity contribution in [2.45, 2.75) is 39.2 Å². The molecule has 1 atom stereocenters. The summed E-state index contributed by atoms with van der Waals surface area (Å²) in [5.41, 5.74) is 2.42. The van der Waals surface area contributed by atoms with E-state index in [0.29, 0.717) is 12.3 Å². The minimum absolute atomic E-state index is 0.154. The predicted octanol–water partition coefficient (Wildman–Crippen LogP) is 2.23. The molecular formula is C16H24N2O2. The molecule has 1 aliphatic carbocycles. The van der Waals surface area contributed by atoms with E-state index in [-0.39, 0.29) is 11.9 Å². The molecule has 1 aromatic rings. The van der Waals surface area contributed by atoms with Gasteiger partial charge in [0.15, 0.2) is 0 Å². The zero-order valence-electron chi connectivity index (χ0n) is 12.4. The van der Waals surface area contributed by atoms with Gasteiger partial charge in [-0.1, -0.05) is 6.07 Å². The summed E-state index contributed by atoms with van der Waals surface area (Å²) in [5, 5.41) is 12.9. The van der Waals surface area contributed by atoms with Crippen molar-refractivity contribution < 1.29 is 9.90 Å². The molecule has 0 heterocycles. The van der Waals surface area contributed by atoms with Crippen molar-refractivity contribution in [3.8, 4) is 5.75 Å². The molecule has 0 aliphatic heterocycles. The molecule has 1 aliphatic rings. The van der Waals surface area contributed by atoms with Crippen molar-refractivity contribution >= 4 is 5.91 Å². The second kappa shape index (κ2) is 6.75. The van der Waals surface area contributed by atoms with Gasteiger partial charge in [0.1, 0.15) is 5.75 Å². The third kappa shape index (κ3) is 3.31. The summed E-state index contributed by atoms with van der Waals surface area (Å²) in [6, 6.07) is 5.77. The lowest BCUT2D eigenvalue weighted by Gasteiger charge is -2.27. The second-order valence-corrected chi connectivity index (χ2v) is 5.27. The van der Waals surface area contributed by atoms with Crippen LogP contribution >= 0.6 is 0 Å². The molecule has 20 heavy (non-hydrogen) atoms. The highest BCUT2D eigenvalue weighted by Crippen LogP contribution is 2.31. The van der Waals surface area contributed by atoms with Crippen molar-refractivity contribution in [1.82, 2.24) is 10.2 Å². The Morgan fingerprint density at radius 3 is 2.85 bits per heavy atom. The highest BCUT2D eigenvalue weighted by molar-refractivity contribution is 5.78. The zero-order valence-corrected chi connectivity index (χ0v) is 12.4. The third-order valence-corrected chi connectivity index (χ3v) is 4.06. The summed E-state index contributed by atoms with van der Waals surface area (Å²) in [4.78, 5) is 13.9. The maximum Gasteiger partial charge on any atom is 0.236 e. The first-order valence-corrected chi connectivity index (χ1v) is 7.48. The Morgan fingerprint density at radius 1 is 1.40 bits per heavy atom. The van der Waals surface area contributed by atoms with Crippen LogP contribution in [0.3, 0.4) is 0 Å². The Hall–Kier alpha value is -1.55. The Bertz CT molecular complexity index is 470. The first-order chi connectivity index (χ1) is 9.65. The fourth-order valence-electron chi connectivity index (χ4n) is 2.91. The number of hydrogen-bond donors (Lipinski definition) is 2. The maximum atomic E-state index is 12.0. The molecule has 0 spiro atoms. The molecule has 0 fully saturated rings. The highest BCUT2D eigenvalue weighted by atomic mass is 16.3. The molecule has 0 radical (unpaired) electrons. The first kappa shape index (κ1) is 14.9. The Kier molecular flexibility index (Phi) is 5.01. The molecule has 1 aromatic carbocycles. The standard InChI is InChI=1S/C16H24N2O2/c1-3-18(4-2)16(20)11-17-15-7-5-6-12-10-13(19)8-9-14(12)15/h8-10,15,17,19H,3-7,11H2,1-2H3. The molecular weight excluding hydrogens is 252 g/mol. The van der Waals surface area contributed by atoms with E-state index in [9.17, 15) is 9.90 Å². The predicted molar refractivity (Wildman–Crippen MR) is 79.7 cm³/mol. The van der Waals surface area contributed by atoms with E-state index in [1.54, 1.807) is 6.07 Å². The molecule has 2 N–H and O–H groups in total. The van der Waals surface area contributed by atoms with Crippen LogP contribution in [0.2, 0.25) is 0 Å². The SMILES string of the molecule is CCN(CC)C(=O)CNC1CCCc2cc(O)ccc21. The number of nitrogens with zero attached hydrogens (tertiary/aromatic N) is 1. The lowest BCUT2D eigenvalue weighted by Crippen LogP contribution is -2.39. The van der Waals surface area contributed by atoms with E-state index in [0.717, 1.165) is 32.4 Å². The van der Waals surface area contributed by atoms with Crippen LogP contribution in [0.5, 0.6) is 5.75 Å². The number of benzene rings is 1. The summed E-state index contributed by atoms with van der Waals surface area (Å²) in [6.45, 7) is 5.89. The normalized spacial score (nSPS) is 17.6. The number of hydrogen-bond acceptors (Lipinski definition) is 3. The number of carbonyl (C=O) groups excluding carboxylic acids is 1. The van der Waals surface area contributed by atoms with Gasteiger partial charge in [-0.25, -0.2) is 0 Å². The molecule has 0 bridgehead atoms. The van der Waals surface area contributed by atoms with Gasteiger partial charge >= 0.3 is 0 Å². The lowest BCUT2D eigenvalue weighted by atomic mass is 9.87. The second-order valence-electron chi connectivity index (χ2n) is 5.27. The van der Waals surface area contributed by atoms with Crippen LogP contribution in [0.1, 0.15) is 43.9 Å². The van der Waals surface area contributed by atoms with Crippen LogP contribution in [-0.4, -0.2) is 35.5 Å². The van der Waals surface area contributed by atoms with Crippen LogP contribution < -0.4 is 5.32 Å². The van der Waals surface area contributed by atoms with E-state index in [2.05, 4.69) is 5.32 Å². The molecule has 4 nitrogen and oxygen atoms in total. The van der Waals surface area contributed by atoms with Crippen molar-refractivity contribution in [2.24, 2.45) is 0 Å². The largest absolute Gasteiger partial charge is 0.508 e. The quantitative estimate of drug-likeness (QED) is 0.867. The molecule has 4 heteroatoms. The van der Waals surface area contributed by atoms with E-state index in [1.807, 2.05) is 30.9 Å². The molecule has 2 rings (SSSR count). The number of phenols is 1. The minimum atomic E-state index is 0.154. The maximum absolute atomic E-state index is 12.0. The zero-order chi connectivity index (χ0) is 14.5.